The number of thiophene rings is 1. The SMILES string of the molecule is O=C(NOCc1ccccc1)c1nc(-c2cccs2)n(-c2cccc(F)c2)n1. The number of amides is 1. The summed E-state index contributed by atoms with van der Waals surface area (Å²) in [7, 11) is 0. The second-order valence-corrected chi connectivity index (χ2v) is 6.78. The first-order chi connectivity index (χ1) is 13.7. The molecule has 6 nitrogen and oxygen atoms in total. The fourth-order valence-corrected chi connectivity index (χ4v) is 3.26. The first kappa shape index (κ1) is 18.0. The summed E-state index contributed by atoms with van der Waals surface area (Å²) < 4.78 is 15.1. The zero-order chi connectivity index (χ0) is 19.3. The van der Waals surface area contributed by atoms with Crippen molar-refractivity contribution >= 4 is 17.2 Å². The van der Waals surface area contributed by atoms with E-state index in [1.54, 1.807) is 12.1 Å². The third kappa shape index (κ3) is 3.98. The van der Waals surface area contributed by atoms with Gasteiger partial charge in [-0.2, -0.15) is 0 Å². The van der Waals surface area contributed by atoms with Crippen LogP contribution >= 0.6 is 11.3 Å². The molecule has 140 valence electrons. The fraction of sp³-hybridized carbons (Fsp3) is 0.0500. The largest absolute Gasteiger partial charge is 0.314 e. The van der Waals surface area contributed by atoms with E-state index in [1.165, 1.54) is 28.2 Å². The molecule has 0 unspecified atom stereocenters. The maximum atomic E-state index is 13.7. The third-order valence-corrected chi connectivity index (χ3v) is 4.72. The van der Waals surface area contributed by atoms with Crippen LogP contribution in [0.15, 0.2) is 72.1 Å². The molecule has 0 fully saturated rings. The van der Waals surface area contributed by atoms with E-state index in [4.69, 9.17) is 4.84 Å². The zero-order valence-electron chi connectivity index (χ0n) is 14.6. The highest BCUT2D eigenvalue weighted by Gasteiger charge is 2.19. The quantitative estimate of drug-likeness (QED) is 0.502. The molecule has 2 aromatic carbocycles. The Kier molecular flexibility index (Phi) is 5.22. The van der Waals surface area contributed by atoms with Gasteiger partial charge < -0.3 is 0 Å². The van der Waals surface area contributed by atoms with Crippen molar-refractivity contribution in [2.75, 3.05) is 0 Å². The zero-order valence-corrected chi connectivity index (χ0v) is 15.4. The van der Waals surface area contributed by atoms with Gasteiger partial charge in [-0.1, -0.05) is 42.5 Å². The molecule has 8 heteroatoms. The van der Waals surface area contributed by atoms with E-state index < -0.39 is 11.7 Å². The minimum atomic E-state index is -0.580. The van der Waals surface area contributed by atoms with E-state index in [0.29, 0.717) is 11.5 Å². The summed E-state index contributed by atoms with van der Waals surface area (Å²) in [6.07, 6.45) is 0. The lowest BCUT2D eigenvalue weighted by Gasteiger charge is -2.04. The molecule has 2 heterocycles. The number of benzene rings is 2. The van der Waals surface area contributed by atoms with Crippen LogP contribution in [0.1, 0.15) is 16.2 Å². The van der Waals surface area contributed by atoms with Gasteiger partial charge in [-0.05, 0) is 35.2 Å². The summed E-state index contributed by atoms with van der Waals surface area (Å²) in [4.78, 5) is 22.8. The standard InChI is InChI=1S/C20H15FN4O2S/c21-15-8-4-9-16(12-15)25-19(17-10-5-11-28-17)22-18(23-25)20(26)24-27-13-14-6-2-1-3-7-14/h1-12H,13H2,(H,24,26). The van der Waals surface area contributed by atoms with Gasteiger partial charge in [0.15, 0.2) is 5.82 Å². The molecule has 0 atom stereocenters. The van der Waals surface area contributed by atoms with Gasteiger partial charge in [-0.15, -0.1) is 16.4 Å². The Morgan fingerprint density at radius 2 is 1.96 bits per heavy atom. The molecule has 1 N–H and O–H groups in total. The third-order valence-electron chi connectivity index (χ3n) is 3.85. The van der Waals surface area contributed by atoms with Crippen LogP contribution in [0.5, 0.6) is 0 Å². The number of nitrogens with one attached hydrogen (secondary N) is 1. The van der Waals surface area contributed by atoms with Gasteiger partial charge in [0.1, 0.15) is 5.82 Å². The Hall–Kier alpha value is -3.36. The molecular formula is C20H15FN4O2S. The average molecular weight is 394 g/mol. The number of carbonyl (C=O) groups excluding carboxylic acids is 1. The highest BCUT2D eigenvalue weighted by atomic mass is 32.1. The minimum Gasteiger partial charge on any atom is -0.269 e. The van der Waals surface area contributed by atoms with Gasteiger partial charge in [0.2, 0.25) is 5.82 Å². The second-order valence-electron chi connectivity index (χ2n) is 5.83. The number of hydrogen-bond donors (Lipinski definition) is 1. The van der Waals surface area contributed by atoms with E-state index >= 15 is 0 Å². The Bertz CT molecular complexity index is 1080. The molecule has 0 bridgehead atoms. The molecule has 0 saturated carbocycles. The van der Waals surface area contributed by atoms with Gasteiger partial charge in [0.05, 0.1) is 17.2 Å². The lowest BCUT2D eigenvalue weighted by Crippen LogP contribution is -2.24. The van der Waals surface area contributed by atoms with Crippen molar-refractivity contribution in [3.63, 3.8) is 0 Å². The summed E-state index contributed by atoms with van der Waals surface area (Å²) in [5.41, 5.74) is 3.74. The van der Waals surface area contributed by atoms with Gasteiger partial charge in [-0.25, -0.2) is 19.5 Å². The fourth-order valence-electron chi connectivity index (χ4n) is 2.57. The monoisotopic (exact) mass is 394 g/mol. The summed E-state index contributed by atoms with van der Waals surface area (Å²) in [6, 6.07) is 19.1. The number of rotatable bonds is 6. The van der Waals surface area contributed by atoms with Crippen LogP contribution in [0.25, 0.3) is 16.4 Å². The van der Waals surface area contributed by atoms with Gasteiger partial charge in [0, 0.05) is 0 Å². The van der Waals surface area contributed by atoms with Gasteiger partial charge in [0.25, 0.3) is 0 Å². The van der Waals surface area contributed by atoms with E-state index in [1.807, 2.05) is 47.8 Å². The average Bonchev–Trinajstić information content (AvgIpc) is 3.38. The van der Waals surface area contributed by atoms with Crippen molar-refractivity contribution in [3.8, 4) is 16.4 Å². The summed E-state index contributed by atoms with van der Waals surface area (Å²) in [5, 5.41) is 6.15. The summed E-state index contributed by atoms with van der Waals surface area (Å²) >= 11 is 1.45. The maximum Gasteiger partial charge on any atom is 0.314 e. The predicted octanol–water partition coefficient (Wildman–Crippen LogP) is 4.00. The Morgan fingerprint density at radius 3 is 2.71 bits per heavy atom. The lowest BCUT2D eigenvalue weighted by atomic mass is 10.2. The molecule has 28 heavy (non-hydrogen) atoms. The van der Waals surface area contributed by atoms with E-state index in [2.05, 4.69) is 15.6 Å². The smallest absolute Gasteiger partial charge is 0.269 e. The topological polar surface area (TPSA) is 69.0 Å². The van der Waals surface area contributed by atoms with Crippen LogP contribution < -0.4 is 5.48 Å². The molecule has 0 saturated heterocycles. The van der Waals surface area contributed by atoms with Crippen LogP contribution in [0.2, 0.25) is 0 Å². The van der Waals surface area contributed by atoms with E-state index in [9.17, 15) is 9.18 Å². The molecular weight excluding hydrogens is 379 g/mol. The molecule has 1 amide bonds. The Balaban J connectivity index is 1.57. The highest BCUT2D eigenvalue weighted by molar-refractivity contribution is 7.13. The van der Waals surface area contributed by atoms with Crippen LogP contribution in [0.4, 0.5) is 4.39 Å². The van der Waals surface area contributed by atoms with Crippen LogP contribution in [0, 0.1) is 5.82 Å². The van der Waals surface area contributed by atoms with Gasteiger partial charge in [-0.3, -0.25) is 9.63 Å². The van der Waals surface area contributed by atoms with Crippen LogP contribution in [-0.2, 0) is 11.4 Å². The summed E-state index contributed by atoms with van der Waals surface area (Å²) in [5.74, 6) is -0.597. The number of hydrogen-bond acceptors (Lipinski definition) is 5. The highest BCUT2D eigenvalue weighted by Crippen LogP contribution is 2.25. The van der Waals surface area contributed by atoms with Crippen LogP contribution in [-0.4, -0.2) is 20.7 Å². The molecule has 0 aliphatic heterocycles. The van der Waals surface area contributed by atoms with Crippen molar-refractivity contribution < 1.29 is 14.0 Å². The molecule has 0 spiro atoms. The molecule has 4 aromatic rings. The number of carbonyl (C=O) groups is 1. The Labute approximate surface area is 164 Å². The number of halogens is 1. The molecule has 4 rings (SSSR count). The molecule has 0 aliphatic rings. The Morgan fingerprint density at radius 1 is 1.11 bits per heavy atom. The van der Waals surface area contributed by atoms with Crippen molar-refractivity contribution in [1.82, 2.24) is 20.2 Å². The first-order valence-electron chi connectivity index (χ1n) is 8.43. The van der Waals surface area contributed by atoms with Crippen LogP contribution in [0.3, 0.4) is 0 Å². The lowest BCUT2D eigenvalue weighted by molar-refractivity contribution is 0.0225. The molecule has 2 aromatic heterocycles. The predicted molar refractivity (Wildman–Crippen MR) is 103 cm³/mol. The second kappa shape index (κ2) is 8.12. The molecule has 0 radical (unpaired) electrons. The van der Waals surface area contributed by atoms with Crippen molar-refractivity contribution in [2.45, 2.75) is 6.61 Å². The van der Waals surface area contributed by atoms with E-state index in [0.717, 1.165) is 10.4 Å². The van der Waals surface area contributed by atoms with E-state index in [-0.39, 0.29) is 12.4 Å². The first-order valence-corrected chi connectivity index (χ1v) is 9.31. The number of hydroxylamine groups is 1. The summed E-state index contributed by atoms with van der Waals surface area (Å²) in [6.45, 7) is 0.217. The maximum absolute atomic E-state index is 13.7. The number of nitrogens with zero attached hydrogens (tertiary/aromatic N) is 3. The number of aromatic nitrogens is 3. The minimum absolute atomic E-state index is 0.0688. The van der Waals surface area contributed by atoms with Crippen molar-refractivity contribution in [3.05, 3.63) is 89.3 Å². The normalized spacial score (nSPS) is 10.8. The van der Waals surface area contributed by atoms with Crippen molar-refractivity contribution in [1.29, 1.82) is 0 Å². The van der Waals surface area contributed by atoms with Crippen molar-refractivity contribution in [2.24, 2.45) is 0 Å². The molecule has 0 aliphatic carbocycles. The van der Waals surface area contributed by atoms with Gasteiger partial charge >= 0.3 is 5.91 Å².